The molecule has 0 spiro atoms. The molecule has 2 saturated heterocycles. The highest BCUT2D eigenvalue weighted by atomic mass is 16.5. The Morgan fingerprint density at radius 3 is 3.17 bits per heavy atom. The lowest BCUT2D eigenvalue weighted by Gasteiger charge is -2.26. The zero-order chi connectivity index (χ0) is 8.39. The quantitative estimate of drug-likeness (QED) is 0.613. The molecular weight excluding hydrogens is 154 g/mol. The fourth-order valence-electron chi connectivity index (χ4n) is 2.32. The number of hydrogen-bond donors (Lipinski definition) is 1. The van der Waals surface area contributed by atoms with Gasteiger partial charge in [-0.2, -0.15) is 0 Å². The summed E-state index contributed by atoms with van der Waals surface area (Å²) in [7, 11) is 0. The maximum absolute atomic E-state index is 9.11. The van der Waals surface area contributed by atoms with Crippen LogP contribution in [0.1, 0.15) is 19.3 Å². The summed E-state index contributed by atoms with van der Waals surface area (Å²) in [5.74, 6) is 0. The molecule has 1 N–H and O–H groups in total. The maximum Gasteiger partial charge on any atom is 0.0621 e. The first kappa shape index (κ1) is 8.48. The Morgan fingerprint density at radius 1 is 1.42 bits per heavy atom. The maximum atomic E-state index is 9.11. The van der Waals surface area contributed by atoms with Crippen molar-refractivity contribution >= 4 is 0 Å². The molecule has 70 valence electrons. The molecule has 0 saturated carbocycles. The fraction of sp³-hybridized carbons (Fsp3) is 1.00. The van der Waals surface area contributed by atoms with Crippen LogP contribution in [0.5, 0.6) is 0 Å². The Kier molecular flexibility index (Phi) is 2.63. The van der Waals surface area contributed by atoms with Crippen molar-refractivity contribution in [3.8, 4) is 0 Å². The second-order valence-corrected chi connectivity index (χ2v) is 3.73. The zero-order valence-corrected chi connectivity index (χ0v) is 7.41. The van der Waals surface area contributed by atoms with Crippen LogP contribution < -0.4 is 0 Å². The number of ether oxygens (including phenoxy) is 1. The van der Waals surface area contributed by atoms with Crippen LogP contribution in [0.15, 0.2) is 0 Å². The van der Waals surface area contributed by atoms with E-state index in [2.05, 4.69) is 4.90 Å². The van der Waals surface area contributed by atoms with Gasteiger partial charge in [-0.25, -0.2) is 0 Å². The Balaban J connectivity index is 1.99. The monoisotopic (exact) mass is 171 g/mol. The van der Waals surface area contributed by atoms with E-state index in [4.69, 9.17) is 9.84 Å². The molecular formula is C9H17NO2. The Labute approximate surface area is 73.3 Å². The van der Waals surface area contributed by atoms with Crippen molar-refractivity contribution in [2.75, 3.05) is 26.4 Å². The molecule has 0 amide bonds. The lowest BCUT2D eigenvalue weighted by atomic mass is 10.2. The summed E-state index contributed by atoms with van der Waals surface area (Å²) in [5.41, 5.74) is 0. The number of aliphatic hydroxyl groups is 1. The van der Waals surface area contributed by atoms with Gasteiger partial charge in [0.15, 0.2) is 0 Å². The van der Waals surface area contributed by atoms with Gasteiger partial charge in [0.1, 0.15) is 0 Å². The first-order valence-electron chi connectivity index (χ1n) is 4.86. The summed E-state index contributed by atoms with van der Waals surface area (Å²) in [5, 5.41) is 9.11. The van der Waals surface area contributed by atoms with Gasteiger partial charge in [0.05, 0.1) is 13.2 Å². The van der Waals surface area contributed by atoms with Gasteiger partial charge in [-0.15, -0.1) is 0 Å². The highest BCUT2D eigenvalue weighted by Crippen LogP contribution is 2.25. The average molecular weight is 171 g/mol. The molecule has 2 aliphatic rings. The Bertz CT molecular complexity index is 151. The molecule has 0 radical (unpaired) electrons. The molecule has 2 atom stereocenters. The van der Waals surface area contributed by atoms with Gasteiger partial charge in [-0.3, -0.25) is 4.90 Å². The van der Waals surface area contributed by atoms with Crippen LogP contribution in [0, 0.1) is 0 Å². The molecule has 2 heterocycles. The van der Waals surface area contributed by atoms with E-state index in [0.717, 1.165) is 32.6 Å². The van der Waals surface area contributed by atoms with Crippen molar-refractivity contribution in [3.63, 3.8) is 0 Å². The molecule has 0 aromatic heterocycles. The predicted octanol–water partition coefficient (Wildman–Crippen LogP) is 0.232. The smallest absolute Gasteiger partial charge is 0.0621 e. The summed E-state index contributed by atoms with van der Waals surface area (Å²) < 4.78 is 5.48. The van der Waals surface area contributed by atoms with Crippen LogP contribution in [-0.4, -0.2) is 48.5 Å². The summed E-state index contributed by atoms with van der Waals surface area (Å²) in [4.78, 5) is 2.42. The lowest BCUT2D eigenvalue weighted by molar-refractivity contribution is 0.0942. The van der Waals surface area contributed by atoms with Crippen molar-refractivity contribution < 1.29 is 9.84 Å². The minimum absolute atomic E-state index is 0.316. The van der Waals surface area contributed by atoms with Crippen molar-refractivity contribution in [2.24, 2.45) is 0 Å². The summed E-state index contributed by atoms with van der Waals surface area (Å²) in [6, 6.07) is 1.00. The molecule has 2 rings (SSSR count). The van der Waals surface area contributed by atoms with E-state index in [9.17, 15) is 0 Å². The first-order chi connectivity index (χ1) is 5.92. The second kappa shape index (κ2) is 3.73. The SMILES string of the molecule is OC[C@H]1CC[C@@H]2COCCCN21. The summed E-state index contributed by atoms with van der Waals surface area (Å²) in [6.45, 7) is 3.19. The summed E-state index contributed by atoms with van der Waals surface area (Å²) in [6.07, 6.45) is 3.46. The van der Waals surface area contributed by atoms with Crippen molar-refractivity contribution in [1.82, 2.24) is 4.90 Å². The van der Waals surface area contributed by atoms with Crippen molar-refractivity contribution in [2.45, 2.75) is 31.3 Å². The predicted molar refractivity (Wildman–Crippen MR) is 46.0 cm³/mol. The number of hydrogen-bond acceptors (Lipinski definition) is 3. The molecule has 0 aromatic carbocycles. The van der Waals surface area contributed by atoms with Gasteiger partial charge in [-0.05, 0) is 19.3 Å². The standard InChI is InChI=1S/C9H17NO2/c11-6-8-2-3-9-7-12-5-1-4-10(8)9/h8-9,11H,1-7H2/t8-,9-/m1/s1. The third kappa shape index (κ3) is 1.49. The molecule has 0 aromatic rings. The topological polar surface area (TPSA) is 32.7 Å². The van der Waals surface area contributed by atoms with Crippen molar-refractivity contribution in [3.05, 3.63) is 0 Å². The Hall–Kier alpha value is -0.120. The summed E-state index contributed by atoms with van der Waals surface area (Å²) >= 11 is 0. The fourth-order valence-corrected chi connectivity index (χ4v) is 2.32. The average Bonchev–Trinajstić information content (AvgIpc) is 2.33. The molecule has 2 fully saturated rings. The molecule has 0 unspecified atom stereocenters. The van der Waals surface area contributed by atoms with Gasteiger partial charge < -0.3 is 9.84 Å². The molecule has 3 heteroatoms. The van der Waals surface area contributed by atoms with Crippen molar-refractivity contribution in [1.29, 1.82) is 0 Å². The molecule has 0 aliphatic carbocycles. The molecule has 3 nitrogen and oxygen atoms in total. The molecule has 12 heavy (non-hydrogen) atoms. The first-order valence-corrected chi connectivity index (χ1v) is 4.86. The second-order valence-electron chi connectivity index (χ2n) is 3.73. The third-order valence-corrected chi connectivity index (χ3v) is 3.00. The molecule has 2 aliphatic heterocycles. The zero-order valence-electron chi connectivity index (χ0n) is 7.41. The van der Waals surface area contributed by atoms with E-state index in [-0.39, 0.29) is 0 Å². The van der Waals surface area contributed by atoms with Crippen LogP contribution in [0.2, 0.25) is 0 Å². The highest BCUT2D eigenvalue weighted by molar-refractivity contribution is 4.88. The normalized spacial score (nSPS) is 37.8. The Morgan fingerprint density at radius 2 is 2.33 bits per heavy atom. The number of aliphatic hydroxyl groups excluding tert-OH is 1. The van der Waals surface area contributed by atoms with E-state index in [1.54, 1.807) is 0 Å². The van der Waals surface area contributed by atoms with Crippen LogP contribution in [0.4, 0.5) is 0 Å². The van der Waals surface area contributed by atoms with Gasteiger partial charge in [0.25, 0.3) is 0 Å². The minimum atomic E-state index is 0.316. The van der Waals surface area contributed by atoms with Gasteiger partial charge in [-0.1, -0.05) is 0 Å². The third-order valence-electron chi connectivity index (χ3n) is 3.00. The van der Waals surface area contributed by atoms with Crippen LogP contribution in [0.3, 0.4) is 0 Å². The van der Waals surface area contributed by atoms with Crippen LogP contribution in [-0.2, 0) is 4.74 Å². The van der Waals surface area contributed by atoms with Crippen LogP contribution in [0.25, 0.3) is 0 Å². The number of rotatable bonds is 1. The van der Waals surface area contributed by atoms with Gasteiger partial charge >= 0.3 is 0 Å². The number of nitrogens with zero attached hydrogens (tertiary/aromatic N) is 1. The van der Waals surface area contributed by atoms with Gasteiger partial charge in [0, 0.05) is 25.2 Å². The highest BCUT2D eigenvalue weighted by Gasteiger charge is 2.33. The lowest BCUT2D eigenvalue weighted by Crippen LogP contribution is -2.39. The van der Waals surface area contributed by atoms with Crippen LogP contribution >= 0.6 is 0 Å². The van der Waals surface area contributed by atoms with E-state index >= 15 is 0 Å². The van der Waals surface area contributed by atoms with E-state index < -0.39 is 0 Å². The van der Waals surface area contributed by atoms with Gasteiger partial charge in [0.2, 0.25) is 0 Å². The van der Waals surface area contributed by atoms with E-state index in [1.807, 2.05) is 0 Å². The van der Waals surface area contributed by atoms with E-state index in [0.29, 0.717) is 18.7 Å². The molecule has 0 bridgehead atoms. The minimum Gasteiger partial charge on any atom is -0.395 e. The van der Waals surface area contributed by atoms with E-state index in [1.165, 1.54) is 6.42 Å². The largest absolute Gasteiger partial charge is 0.395 e. The number of fused-ring (bicyclic) bond motifs is 1.